The van der Waals surface area contributed by atoms with Crippen LogP contribution in [0.15, 0.2) is 18.2 Å². The lowest BCUT2D eigenvalue weighted by atomic mass is 10.3. The van der Waals surface area contributed by atoms with Gasteiger partial charge in [-0.25, -0.2) is 4.39 Å². The molecule has 1 rings (SSSR count). The van der Waals surface area contributed by atoms with Gasteiger partial charge >= 0.3 is 10.2 Å². The summed E-state index contributed by atoms with van der Waals surface area (Å²) in [6.07, 6.45) is 0.672. The molecule has 120 valence electrons. The number of hydrogen-bond acceptors (Lipinski definition) is 4. The van der Waals surface area contributed by atoms with Crippen molar-refractivity contribution in [3.05, 3.63) is 24.0 Å². The van der Waals surface area contributed by atoms with Crippen LogP contribution in [-0.2, 0) is 10.2 Å². The minimum Gasteiger partial charge on any atom is -0.497 e. The first kappa shape index (κ1) is 17.7. The summed E-state index contributed by atoms with van der Waals surface area (Å²) in [4.78, 5) is 0. The van der Waals surface area contributed by atoms with Crippen molar-refractivity contribution in [2.45, 2.75) is 13.3 Å². The Morgan fingerprint density at radius 1 is 1.38 bits per heavy atom. The second-order valence-electron chi connectivity index (χ2n) is 4.48. The fraction of sp³-hybridized carbons (Fsp3) is 0.538. The lowest BCUT2D eigenvalue weighted by molar-refractivity contribution is 0.414. The van der Waals surface area contributed by atoms with Crippen LogP contribution in [0, 0.1) is 5.82 Å². The quantitative estimate of drug-likeness (QED) is 0.676. The second-order valence-corrected chi connectivity index (χ2v) is 6.26. The van der Waals surface area contributed by atoms with E-state index in [1.165, 1.54) is 26.3 Å². The molecule has 0 saturated heterocycles. The molecule has 0 radical (unpaired) electrons. The molecule has 0 aliphatic rings. The highest BCUT2D eigenvalue weighted by Crippen LogP contribution is 2.22. The number of nitrogens with one attached hydrogen (secondary N) is 2. The predicted molar refractivity (Wildman–Crippen MR) is 81.3 cm³/mol. The number of benzene rings is 1. The molecule has 0 aliphatic carbocycles. The first-order chi connectivity index (χ1) is 9.90. The molecule has 0 bridgehead atoms. The normalized spacial score (nSPS) is 11.7. The maximum absolute atomic E-state index is 13.6. The highest BCUT2D eigenvalue weighted by atomic mass is 32.2. The molecule has 0 aliphatic heterocycles. The number of halogens is 1. The summed E-state index contributed by atoms with van der Waals surface area (Å²) < 4.78 is 46.2. The maximum Gasteiger partial charge on any atom is 0.301 e. The smallest absolute Gasteiger partial charge is 0.301 e. The fourth-order valence-electron chi connectivity index (χ4n) is 1.65. The third-order valence-corrected chi connectivity index (χ3v) is 4.38. The van der Waals surface area contributed by atoms with Gasteiger partial charge in [-0.3, -0.25) is 4.72 Å². The van der Waals surface area contributed by atoms with Gasteiger partial charge in [0.05, 0.1) is 12.8 Å². The molecule has 2 N–H and O–H groups in total. The zero-order chi connectivity index (χ0) is 15.9. The van der Waals surface area contributed by atoms with Crippen LogP contribution in [0.5, 0.6) is 5.75 Å². The topological polar surface area (TPSA) is 70.7 Å². The molecule has 0 amide bonds. The molecule has 6 nitrogen and oxygen atoms in total. The molecule has 21 heavy (non-hydrogen) atoms. The van der Waals surface area contributed by atoms with Crippen LogP contribution in [0.1, 0.15) is 13.3 Å². The molecular formula is C13H22FN3O3S. The van der Waals surface area contributed by atoms with E-state index in [0.29, 0.717) is 18.7 Å². The first-order valence-electron chi connectivity index (χ1n) is 6.69. The third-order valence-electron chi connectivity index (χ3n) is 2.90. The molecule has 1 aromatic carbocycles. The van der Waals surface area contributed by atoms with E-state index in [1.54, 1.807) is 0 Å². The van der Waals surface area contributed by atoms with Gasteiger partial charge in [0.25, 0.3) is 0 Å². The molecule has 0 saturated carbocycles. The van der Waals surface area contributed by atoms with Crippen molar-refractivity contribution in [2.75, 3.05) is 38.5 Å². The Balaban J connectivity index is 2.71. The molecular weight excluding hydrogens is 297 g/mol. The van der Waals surface area contributed by atoms with E-state index in [4.69, 9.17) is 4.74 Å². The van der Waals surface area contributed by atoms with Crippen LogP contribution in [0.3, 0.4) is 0 Å². The highest BCUT2D eigenvalue weighted by molar-refractivity contribution is 7.90. The summed E-state index contributed by atoms with van der Waals surface area (Å²) in [5, 5.41) is 3.11. The van der Waals surface area contributed by atoms with E-state index in [9.17, 15) is 12.8 Å². The van der Waals surface area contributed by atoms with Crippen LogP contribution < -0.4 is 14.8 Å². The summed E-state index contributed by atoms with van der Waals surface area (Å²) >= 11 is 0. The van der Waals surface area contributed by atoms with Gasteiger partial charge in [0.1, 0.15) is 11.6 Å². The standard InChI is InChI=1S/C13H22FN3O3S/c1-4-15-8-5-9-17(2)21(18,19)16-13-10-11(20-3)6-7-12(13)14/h6-7,10,15-16H,4-5,8-9H2,1-3H3. The number of anilines is 1. The molecule has 0 heterocycles. The summed E-state index contributed by atoms with van der Waals surface area (Å²) in [6, 6.07) is 3.88. The minimum atomic E-state index is -3.79. The van der Waals surface area contributed by atoms with E-state index in [0.717, 1.165) is 23.5 Å². The van der Waals surface area contributed by atoms with Crippen molar-refractivity contribution >= 4 is 15.9 Å². The van der Waals surface area contributed by atoms with Gasteiger partial charge in [0.2, 0.25) is 0 Å². The summed E-state index contributed by atoms with van der Waals surface area (Å²) in [5.41, 5.74) is -0.132. The van der Waals surface area contributed by atoms with Crippen LogP contribution in [0.25, 0.3) is 0 Å². The van der Waals surface area contributed by atoms with E-state index >= 15 is 0 Å². The van der Waals surface area contributed by atoms with Crippen LogP contribution in [0.4, 0.5) is 10.1 Å². The van der Waals surface area contributed by atoms with Gasteiger partial charge in [-0.1, -0.05) is 6.92 Å². The van der Waals surface area contributed by atoms with Crippen molar-refractivity contribution in [2.24, 2.45) is 0 Å². The number of hydrogen-bond donors (Lipinski definition) is 2. The molecule has 1 aromatic rings. The van der Waals surface area contributed by atoms with Gasteiger partial charge in [0, 0.05) is 19.7 Å². The number of methoxy groups -OCH3 is 1. The Kier molecular flexibility index (Phi) is 6.86. The number of nitrogens with zero attached hydrogens (tertiary/aromatic N) is 1. The average Bonchev–Trinajstić information content (AvgIpc) is 2.45. The van der Waals surface area contributed by atoms with Gasteiger partial charge in [-0.15, -0.1) is 0 Å². The lowest BCUT2D eigenvalue weighted by Gasteiger charge is -2.18. The summed E-state index contributed by atoms with van der Waals surface area (Å²) in [5.74, 6) is -0.274. The maximum atomic E-state index is 13.6. The largest absolute Gasteiger partial charge is 0.497 e. The highest BCUT2D eigenvalue weighted by Gasteiger charge is 2.19. The van der Waals surface area contributed by atoms with Crippen molar-refractivity contribution in [3.8, 4) is 5.75 Å². The summed E-state index contributed by atoms with van der Waals surface area (Å²) in [6.45, 7) is 3.88. The van der Waals surface area contributed by atoms with Gasteiger partial charge < -0.3 is 10.1 Å². The van der Waals surface area contributed by atoms with Crippen LogP contribution in [0.2, 0.25) is 0 Å². The zero-order valence-electron chi connectivity index (χ0n) is 12.5. The molecule has 0 aromatic heterocycles. The van der Waals surface area contributed by atoms with Crippen molar-refractivity contribution < 1.29 is 17.5 Å². The van der Waals surface area contributed by atoms with Gasteiger partial charge in [0.15, 0.2) is 0 Å². The fourth-order valence-corrected chi connectivity index (χ4v) is 2.61. The van der Waals surface area contributed by atoms with Crippen LogP contribution >= 0.6 is 0 Å². The SMILES string of the molecule is CCNCCCN(C)S(=O)(=O)Nc1cc(OC)ccc1F. The average molecular weight is 319 g/mol. The monoisotopic (exact) mass is 319 g/mol. The van der Waals surface area contributed by atoms with Crippen molar-refractivity contribution in [1.82, 2.24) is 9.62 Å². The number of rotatable bonds is 9. The summed E-state index contributed by atoms with van der Waals surface area (Å²) in [7, 11) is -0.908. The predicted octanol–water partition coefficient (Wildman–Crippen LogP) is 1.42. The second kappa shape index (κ2) is 8.16. The van der Waals surface area contributed by atoms with Gasteiger partial charge in [-0.05, 0) is 31.6 Å². The Hall–Kier alpha value is -1.38. The van der Waals surface area contributed by atoms with Crippen molar-refractivity contribution in [1.29, 1.82) is 0 Å². The van der Waals surface area contributed by atoms with Crippen LogP contribution in [-0.4, -0.2) is 46.5 Å². The third kappa shape index (κ3) is 5.49. The zero-order valence-corrected chi connectivity index (χ0v) is 13.3. The van der Waals surface area contributed by atoms with E-state index in [1.807, 2.05) is 6.92 Å². The lowest BCUT2D eigenvalue weighted by Crippen LogP contribution is -2.34. The van der Waals surface area contributed by atoms with Gasteiger partial charge in [-0.2, -0.15) is 12.7 Å². The molecule has 0 atom stereocenters. The molecule has 0 unspecified atom stereocenters. The van der Waals surface area contributed by atoms with E-state index in [2.05, 4.69) is 10.0 Å². The minimum absolute atomic E-state index is 0.132. The molecule has 8 heteroatoms. The van der Waals surface area contributed by atoms with E-state index < -0.39 is 16.0 Å². The van der Waals surface area contributed by atoms with E-state index in [-0.39, 0.29) is 5.69 Å². The Labute approximate surface area is 125 Å². The number of ether oxygens (including phenoxy) is 1. The molecule has 0 spiro atoms. The first-order valence-corrected chi connectivity index (χ1v) is 8.13. The van der Waals surface area contributed by atoms with Crippen molar-refractivity contribution in [3.63, 3.8) is 0 Å². The Morgan fingerprint density at radius 3 is 2.71 bits per heavy atom. The molecule has 0 fully saturated rings. The Morgan fingerprint density at radius 2 is 2.10 bits per heavy atom. The Bertz CT molecular complexity index is 552.